The van der Waals surface area contributed by atoms with Crippen LogP contribution in [-0.4, -0.2) is 31.1 Å². The Kier molecular flexibility index (Phi) is 3.52. The third-order valence-electron chi connectivity index (χ3n) is 3.72. The van der Waals surface area contributed by atoms with Gasteiger partial charge in [-0.15, -0.1) is 0 Å². The summed E-state index contributed by atoms with van der Waals surface area (Å²) in [6.07, 6.45) is 1.54. The second kappa shape index (κ2) is 5.24. The van der Waals surface area contributed by atoms with Gasteiger partial charge in [-0.25, -0.2) is 12.8 Å². The van der Waals surface area contributed by atoms with Crippen molar-refractivity contribution in [1.29, 1.82) is 0 Å². The molecule has 116 valence electrons. The number of amides is 1. The fraction of sp³-hybridized carbons (Fsp3) is 0.267. The number of carbonyl (C=O) groups is 1. The number of rotatable bonds is 3. The minimum atomic E-state index is -3.20. The van der Waals surface area contributed by atoms with Crippen LogP contribution in [0.1, 0.15) is 11.3 Å². The first-order chi connectivity index (χ1) is 10.4. The second-order valence-corrected chi connectivity index (χ2v) is 7.33. The van der Waals surface area contributed by atoms with Crippen molar-refractivity contribution in [1.82, 2.24) is 10.3 Å². The van der Waals surface area contributed by atoms with Crippen molar-refractivity contribution in [2.24, 2.45) is 0 Å². The molecule has 0 fully saturated rings. The highest BCUT2D eigenvalue weighted by Crippen LogP contribution is 2.24. The lowest BCUT2D eigenvalue weighted by Gasteiger charge is -2.10. The lowest BCUT2D eigenvalue weighted by molar-refractivity contribution is -0.120. The molecule has 3 rings (SSSR count). The summed E-state index contributed by atoms with van der Waals surface area (Å²) in [5.41, 5.74) is 1.83. The summed E-state index contributed by atoms with van der Waals surface area (Å²) in [6, 6.07) is 4.21. The lowest BCUT2D eigenvalue weighted by atomic mass is 10.1. The van der Waals surface area contributed by atoms with Crippen molar-refractivity contribution >= 4 is 26.6 Å². The highest BCUT2D eigenvalue weighted by molar-refractivity contribution is 7.94. The first kappa shape index (κ1) is 14.8. The molecule has 2 N–H and O–H groups in total. The number of aryl methyl sites for hydroxylation is 1. The van der Waals surface area contributed by atoms with Crippen LogP contribution in [0.15, 0.2) is 29.7 Å². The maximum Gasteiger partial charge on any atom is 0.225 e. The number of nitrogens with one attached hydrogen (secondary N) is 2. The maximum absolute atomic E-state index is 13.7. The Balaban J connectivity index is 1.79. The monoisotopic (exact) mass is 322 g/mol. The van der Waals surface area contributed by atoms with E-state index < -0.39 is 15.9 Å². The van der Waals surface area contributed by atoms with E-state index in [2.05, 4.69) is 10.3 Å². The number of aromatic amines is 1. The minimum absolute atomic E-state index is 0.0691. The smallest absolute Gasteiger partial charge is 0.225 e. The third kappa shape index (κ3) is 2.76. The van der Waals surface area contributed by atoms with Crippen LogP contribution in [0.4, 0.5) is 4.39 Å². The summed E-state index contributed by atoms with van der Waals surface area (Å²) in [5, 5.41) is 4.45. The molecule has 22 heavy (non-hydrogen) atoms. The molecule has 1 aliphatic rings. The van der Waals surface area contributed by atoms with Crippen LogP contribution in [0.2, 0.25) is 0 Å². The van der Waals surface area contributed by atoms with Gasteiger partial charge >= 0.3 is 0 Å². The first-order valence-electron chi connectivity index (χ1n) is 6.82. The minimum Gasteiger partial charge on any atom is -0.356 e. The Morgan fingerprint density at radius 3 is 2.91 bits per heavy atom. The predicted octanol–water partition coefficient (Wildman–Crippen LogP) is 1.58. The topological polar surface area (TPSA) is 79.0 Å². The summed E-state index contributed by atoms with van der Waals surface area (Å²) >= 11 is 0. The van der Waals surface area contributed by atoms with Crippen LogP contribution >= 0.6 is 0 Å². The number of H-pyrrole nitrogens is 1. The number of sulfone groups is 1. The number of carbonyl (C=O) groups excluding carboxylic acids is 1. The normalized spacial score (nSPS) is 19.6. The van der Waals surface area contributed by atoms with E-state index in [9.17, 15) is 17.6 Å². The SMILES string of the molecule is Cc1[nH]c2c(F)cccc2c1CC(=O)N[C@H]1C=CS(=O)(=O)C1. The van der Waals surface area contributed by atoms with Gasteiger partial charge in [0.2, 0.25) is 5.91 Å². The second-order valence-electron chi connectivity index (χ2n) is 5.40. The summed E-state index contributed by atoms with van der Waals surface area (Å²) in [7, 11) is -3.20. The molecule has 7 heteroatoms. The van der Waals surface area contributed by atoms with Gasteiger partial charge in [-0.1, -0.05) is 12.1 Å². The van der Waals surface area contributed by atoms with Crippen LogP contribution in [0, 0.1) is 12.7 Å². The van der Waals surface area contributed by atoms with Gasteiger partial charge < -0.3 is 10.3 Å². The Morgan fingerprint density at radius 1 is 1.45 bits per heavy atom. The summed E-state index contributed by atoms with van der Waals surface area (Å²) in [4.78, 5) is 15.1. The Morgan fingerprint density at radius 2 is 2.23 bits per heavy atom. The molecule has 0 saturated heterocycles. The third-order valence-corrected chi connectivity index (χ3v) is 5.11. The van der Waals surface area contributed by atoms with Crippen molar-refractivity contribution < 1.29 is 17.6 Å². The van der Waals surface area contributed by atoms with Crippen LogP contribution < -0.4 is 5.32 Å². The zero-order valence-electron chi connectivity index (χ0n) is 11.9. The molecule has 0 radical (unpaired) electrons. The molecule has 0 saturated carbocycles. The number of fused-ring (bicyclic) bond motifs is 1. The molecule has 2 aromatic rings. The largest absolute Gasteiger partial charge is 0.356 e. The number of hydrogen-bond acceptors (Lipinski definition) is 3. The summed E-state index contributed by atoms with van der Waals surface area (Å²) in [6.45, 7) is 1.78. The Bertz CT molecular complexity index is 884. The van der Waals surface area contributed by atoms with Gasteiger partial charge in [-0.2, -0.15) is 0 Å². The predicted molar refractivity (Wildman–Crippen MR) is 81.6 cm³/mol. The lowest BCUT2D eigenvalue weighted by Crippen LogP contribution is -2.36. The molecule has 1 aromatic heterocycles. The average Bonchev–Trinajstić information content (AvgIpc) is 2.92. The molecule has 2 heterocycles. The molecule has 0 spiro atoms. The van der Waals surface area contributed by atoms with E-state index in [4.69, 9.17) is 0 Å². The van der Waals surface area contributed by atoms with Crippen molar-refractivity contribution in [2.75, 3.05) is 5.75 Å². The molecule has 5 nitrogen and oxygen atoms in total. The van der Waals surface area contributed by atoms with E-state index in [0.29, 0.717) is 10.9 Å². The molecule has 1 aromatic carbocycles. The van der Waals surface area contributed by atoms with Gasteiger partial charge in [-0.3, -0.25) is 4.79 Å². The van der Waals surface area contributed by atoms with Crippen molar-refractivity contribution in [3.8, 4) is 0 Å². The summed E-state index contributed by atoms with van der Waals surface area (Å²) < 4.78 is 36.4. The number of hydrogen-bond donors (Lipinski definition) is 2. The van der Waals surface area contributed by atoms with Gasteiger partial charge in [0.05, 0.1) is 23.7 Å². The molecule has 0 unspecified atom stereocenters. The first-order valence-corrected chi connectivity index (χ1v) is 8.53. The highest BCUT2D eigenvalue weighted by atomic mass is 32.2. The van der Waals surface area contributed by atoms with E-state index >= 15 is 0 Å². The average molecular weight is 322 g/mol. The fourth-order valence-corrected chi connectivity index (χ4v) is 3.91. The quantitative estimate of drug-likeness (QED) is 0.900. The highest BCUT2D eigenvalue weighted by Gasteiger charge is 2.23. The molecular weight excluding hydrogens is 307 g/mol. The zero-order chi connectivity index (χ0) is 15.9. The Hall–Kier alpha value is -2.15. The number of aromatic nitrogens is 1. The molecule has 0 bridgehead atoms. The van der Waals surface area contributed by atoms with E-state index in [1.165, 1.54) is 12.1 Å². The Labute approximate surface area is 127 Å². The fourth-order valence-electron chi connectivity index (χ4n) is 2.68. The summed E-state index contributed by atoms with van der Waals surface area (Å²) in [5.74, 6) is -0.766. The van der Waals surface area contributed by atoms with Crippen LogP contribution in [-0.2, 0) is 21.1 Å². The van der Waals surface area contributed by atoms with Crippen molar-refractivity contribution in [2.45, 2.75) is 19.4 Å². The van der Waals surface area contributed by atoms with Crippen LogP contribution in [0.5, 0.6) is 0 Å². The number of para-hydroxylation sites is 1. The van der Waals surface area contributed by atoms with Gasteiger partial charge in [0.25, 0.3) is 0 Å². The van der Waals surface area contributed by atoms with Gasteiger partial charge in [0.15, 0.2) is 9.84 Å². The molecule has 1 amide bonds. The van der Waals surface area contributed by atoms with Gasteiger partial charge in [0.1, 0.15) is 5.82 Å². The van der Waals surface area contributed by atoms with Gasteiger partial charge in [-0.05, 0) is 24.6 Å². The molecular formula is C15H15FN2O3S. The number of halogens is 1. The molecule has 1 aliphatic heterocycles. The standard InChI is InChI=1S/C15H15FN2O3S/c1-9-12(11-3-2-4-13(16)15(11)17-9)7-14(19)18-10-5-6-22(20,21)8-10/h2-6,10,17H,7-8H2,1H3,(H,18,19)/t10-/m0/s1. The zero-order valence-corrected chi connectivity index (χ0v) is 12.7. The number of benzene rings is 1. The van der Waals surface area contributed by atoms with Gasteiger partial charge in [0, 0.05) is 16.5 Å². The van der Waals surface area contributed by atoms with Crippen molar-refractivity contribution in [3.05, 3.63) is 46.8 Å². The van der Waals surface area contributed by atoms with Crippen LogP contribution in [0.3, 0.4) is 0 Å². The molecule has 1 atom stereocenters. The van der Waals surface area contributed by atoms with E-state index in [-0.39, 0.29) is 23.9 Å². The van der Waals surface area contributed by atoms with E-state index in [1.54, 1.807) is 19.1 Å². The van der Waals surface area contributed by atoms with E-state index in [1.807, 2.05) is 0 Å². The maximum atomic E-state index is 13.7. The van der Waals surface area contributed by atoms with Crippen molar-refractivity contribution in [3.63, 3.8) is 0 Å². The van der Waals surface area contributed by atoms with E-state index in [0.717, 1.165) is 16.7 Å². The van der Waals surface area contributed by atoms with Crippen LogP contribution in [0.25, 0.3) is 10.9 Å². The molecule has 0 aliphatic carbocycles.